The number of aromatic nitrogens is 1. The molecule has 4 aromatic rings. The number of hydrogen-bond acceptors (Lipinski definition) is 7. The van der Waals surface area contributed by atoms with Crippen molar-refractivity contribution < 1.29 is 14.5 Å². The number of thioether (sulfide) groups is 1. The van der Waals surface area contributed by atoms with E-state index in [0.29, 0.717) is 22.1 Å². The number of nitro benzene ring substituents is 1. The van der Waals surface area contributed by atoms with Crippen molar-refractivity contribution in [2.45, 2.75) is 11.3 Å². The molecule has 0 saturated carbocycles. The molecule has 0 aliphatic rings. The van der Waals surface area contributed by atoms with Gasteiger partial charge in [0.1, 0.15) is 0 Å². The zero-order valence-corrected chi connectivity index (χ0v) is 20.0. The highest BCUT2D eigenvalue weighted by Gasteiger charge is 2.12. The Balaban J connectivity index is 1.29. The van der Waals surface area contributed by atoms with Gasteiger partial charge in [0, 0.05) is 33.7 Å². The number of nitrogens with zero attached hydrogens (tertiary/aromatic N) is 2. The molecule has 0 aliphatic carbocycles. The first-order chi connectivity index (χ1) is 17.0. The number of non-ortho nitro benzene ring substituents is 1. The molecular weight excluding hydrogens is 484 g/mol. The van der Waals surface area contributed by atoms with Crippen LogP contribution < -0.4 is 10.6 Å². The van der Waals surface area contributed by atoms with E-state index >= 15 is 0 Å². The molecule has 2 amide bonds. The van der Waals surface area contributed by atoms with Crippen LogP contribution >= 0.6 is 23.1 Å². The number of carbonyl (C=O) groups excluding carboxylic acids is 2. The Hall–Kier alpha value is -4.02. The standard InChI is InChI=1S/C25H20N4O4S2/c30-23(12-17-6-2-1-3-7-17)26-19-9-5-11-21(14-19)34-16-24(31)28-25-27-22(15-35-25)18-8-4-10-20(13-18)29(32)33/h1-11,13-15H,12,16H2,(H,26,30)(H,27,28,31). The Labute approximate surface area is 209 Å². The highest BCUT2D eigenvalue weighted by molar-refractivity contribution is 8.00. The molecular formula is C25H20N4O4S2. The van der Waals surface area contributed by atoms with Gasteiger partial charge in [0.25, 0.3) is 5.69 Å². The van der Waals surface area contributed by atoms with Gasteiger partial charge in [-0.05, 0) is 23.8 Å². The number of anilines is 2. The molecule has 35 heavy (non-hydrogen) atoms. The van der Waals surface area contributed by atoms with Crippen LogP contribution in [-0.4, -0.2) is 27.5 Å². The number of nitro groups is 1. The van der Waals surface area contributed by atoms with Crippen LogP contribution in [0.15, 0.2) is 89.1 Å². The number of amides is 2. The number of nitrogens with one attached hydrogen (secondary N) is 2. The molecule has 0 aliphatic heterocycles. The van der Waals surface area contributed by atoms with Crippen molar-refractivity contribution in [2.75, 3.05) is 16.4 Å². The maximum Gasteiger partial charge on any atom is 0.270 e. The highest BCUT2D eigenvalue weighted by Crippen LogP contribution is 2.28. The van der Waals surface area contributed by atoms with Crippen LogP contribution in [0, 0.1) is 10.1 Å². The molecule has 0 atom stereocenters. The second kappa shape index (κ2) is 11.4. The fourth-order valence-corrected chi connectivity index (χ4v) is 4.69. The van der Waals surface area contributed by atoms with Crippen LogP contribution in [0.1, 0.15) is 5.56 Å². The Morgan fingerprint density at radius 3 is 2.54 bits per heavy atom. The van der Waals surface area contributed by atoms with Crippen LogP contribution in [0.3, 0.4) is 0 Å². The molecule has 10 heteroatoms. The van der Waals surface area contributed by atoms with Gasteiger partial charge in [-0.3, -0.25) is 19.7 Å². The maximum atomic E-state index is 12.4. The summed E-state index contributed by atoms with van der Waals surface area (Å²) in [4.78, 5) is 40.4. The van der Waals surface area contributed by atoms with E-state index in [-0.39, 0.29) is 29.7 Å². The molecule has 8 nitrogen and oxygen atoms in total. The maximum absolute atomic E-state index is 12.4. The summed E-state index contributed by atoms with van der Waals surface area (Å²) in [7, 11) is 0. The van der Waals surface area contributed by atoms with Gasteiger partial charge in [-0.25, -0.2) is 4.98 Å². The largest absolute Gasteiger partial charge is 0.326 e. The minimum atomic E-state index is -0.459. The average molecular weight is 505 g/mol. The Morgan fingerprint density at radius 1 is 0.943 bits per heavy atom. The van der Waals surface area contributed by atoms with Gasteiger partial charge >= 0.3 is 0 Å². The molecule has 176 valence electrons. The summed E-state index contributed by atoms with van der Waals surface area (Å²) in [6, 6.07) is 23.0. The monoisotopic (exact) mass is 504 g/mol. The van der Waals surface area contributed by atoms with E-state index in [9.17, 15) is 19.7 Å². The van der Waals surface area contributed by atoms with Crippen LogP contribution in [0.2, 0.25) is 0 Å². The number of thiazole rings is 1. The van der Waals surface area contributed by atoms with E-state index in [2.05, 4.69) is 15.6 Å². The van der Waals surface area contributed by atoms with E-state index in [4.69, 9.17) is 0 Å². The first kappa shape index (κ1) is 24.1. The minimum absolute atomic E-state index is 0.0176. The average Bonchev–Trinajstić information content (AvgIpc) is 3.32. The fraction of sp³-hybridized carbons (Fsp3) is 0.0800. The highest BCUT2D eigenvalue weighted by atomic mass is 32.2. The Bertz CT molecular complexity index is 1360. The van der Waals surface area contributed by atoms with Crippen LogP contribution in [0.5, 0.6) is 0 Å². The van der Waals surface area contributed by atoms with Gasteiger partial charge in [-0.2, -0.15) is 0 Å². The molecule has 3 aromatic carbocycles. The normalized spacial score (nSPS) is 10.5. The first-order valence-electron chi connectivity index (χ1n) is 10.5. The first-order valence-corrected chi connectivity index (χ1v) is 12.4. The van der Waals surface area contributed by atoms with Gasteiger partial charge in [0.05, 0.1) is 22.8 Å². The van der Waals surface area contributed by atoms with Gasteiger partial charge in [-0.15, -0.1) is 23.1 Å². The molecule has 0 fully saturated rings. The quantitative estimate of drug-likeness (QED) is 0.173. The fourth-order valence-electron chi connectivity index (χ4n) is 3.20. The van der Waals surface area contributed by atoms with E-state index in [1.54, 1.807) is 23.6 Å². The van der Waals surface area contributed by atoms with Gasteiger partial charge in [-0.1, -0.05) is 48.5 Å². The summed E-state index contributed by atoms with van der Waals surface area (Å²) < 4.78 is 0. The van der Waals surface area contributed by atoms with Gasteiger partial charge in [0.2, 0.25) is 11.8 Å². The van der Waals surface area contributed by atoms with Crippen LogP contribution in [0.25, 0.3) is 11.3 Å². The second-order valence-corrected chi connectivity index (χ2v) is 9.33. The summed E-state index contributed by atoms with van der Waals surface area (Å²) in [5.74, 6) is -0.180. The van der Waals surface area contributed by atoms with Crippen molar-refractivity contribution in [1.82, 2.24) is 4.98 Å². The third-order valence-electron chi connectivity index (χ3n) is 4.80. The molecule has 1 heterocycles. The predicted molar refractivity (Wildman–Crippen MR) is 139 cm³/mol. The molecule has 4 rings (SSSR count). The van der Waals surface area contributed by atoms with E-state index < -0.39 is 4.92 Å². The van der Waals surface area contributed by atoms with Crippen molar-refractivity contribution in [2.24, 2.45) is 0 Å². The number of carbonyl (C=O) groups is 2. The topological polar surface area (TPSA) is 114 Å². The molecule has 0 spiro atoms. The summed E-state index contributed by atoms with van der Waals surface area (Å²) in [6.45, 7) is 0. The molecule has 2 N–H and O–H groups in total. The zero-order valence-electron chi connectivity index (χ0n) is 18.3. The molecule has 1 aromatic heterocycles. The van der Waals surface area contributed by atoms with E-state index in [0.717, 1.165) is 10.5 Å². The van der Waals surface area contributed by atoms with Gasteiger partial charge in [0.15, 0.2) is 5.13 Å². The third-order valence-corrected chi connectivity index (χ3v) is 6.55. The summed E-state index contributed by atoms with van der Waals surface area (Å²) >= 11 is 2.59. The van der Waals surface area contributed by atoms with E-state index in [1.165, 1.54) is 35.2 Å². The number of benzene rings is 3. The zero-order chi connectivity index (χ0) is 24.6. The lowest BCUT2D eigenvalue weighted by molar-refractivity contribution is -0.384. The lowest BCUT2D eigenvalue weighted by Crippen LogP contribution is -2.14. The van der Waals surface area contributed by atoms with Crippen LogP contribution in [0.4, 0.5) is 16.5 Å². The minimum Gasteiger partial charge on any atom is -0.326 e. The van der Waals surface area contributed by atoms with Gasteiger partial charge < -0.3 is 10.6 Å². The summed E-state index contributed by atoms with van der Waals surface area (Å²) in [6.07, 6.45) is 0.284. The predicted octanol–water partition coefficient (Wildman–Crippen LogP) is 5.63. The molecule has 0 unspecified atom stereocenters. The number of rotatable bonds is 9. The van der Waals surface area contributed by atoms with Crippen molar-refractivity contribution >= 4 is 51.4 Å². The lowest BCUT2D eigenvalue weighted by Gasteiger charge is -2.08. The second-order valence-electron chi connectivity index (χ2n) is 7.42. The van der Waals surface area contributed by atoms with Crippen molar-refractivity contribution in [3.63, 3.8) is 0 Å². The third kappa shape index (κ3) is 6.98. The van der Waals surface area contributed by atoms with Crippen molar-refractivity contribution in [3.05, 3.63) is 99.9 Å². The smallest absolute Gasteiger partial charge is 0.270 e. The summed E-state index contributed by atoms with van der Waals surface area (Å²) in [5.41, 5.74) is 2.74. The van der Waals surface area contributed by atoms with Crippen molar-refractivity contribution in [3.8, 4) is 11.3 Å². The summed E-state index contributed by atoms with van der Waals surface area (Å²) in [5, 5.41) is 18.8. The number of hydrogen-bond donors (Lipinski definition) is 2. The molecule has 0 radical (unpaired) electrons. The Kier molecular flexibility index (Phi) is 7.86. The Morgan fingerprint density at radius 2 is 1.74 bits per heavy atom. The molecule has 0 saturated heterocycles. The van der Waals surface area contributed by atoms with Crippen LogP contribution in [-0.2, 0) is 16.0 Å². The van der Waals surface area contributed by atoms with E-state index in [1.807, 2.05) is 48.5 Å². The molecule has 0 bridgehead atoms. The SMILES string of the molecule is O=C(Cc1ccccc1)Nc1cccc(SCC(=O)Nc2nc(-c3cccc([N+](=O)[O-])c3)cs2)c1. The lowest BCUT2D eigenvalue weighted by atomic mass is 10.1. The van der Waals surface area contributed by atoms with Crippen molar-refractivity contribution in [1.29, 1.82) is 0 Å².